The molecule has 0 aromatic heterocycles. The highest BCUT2D eigenvalue weighted by Crippen LogP contribution is 2.18. The summed E-state index contributed by atoms with van der Waals surface area (Å²) >= 11 is 0. The normalized spacial score (nSPS) is 12.5. The van der Waals surface area contributed by atoms with Gasteiger partial charge in [-0.1, -0.05) is 13.0 Å². The van der Waals surface area contributed by atoms with Crippen molar-refractivity contribution in [2.75, 3.05) is 19.6 Å². The zero-order valence-electron chi connectivity index (χ0n) is 14.0. The fraction of sp³-hybridized carbons (Fsp3) is 0.500. The molecule has 1 unspecified atom stereocenters. The van der Waals surface area contributed by atoms with E-state index < -0.39 is 10.0 Å². The Kier molecular flexibility index (Phi) is 6.73. The van der Waals surface area contributed by atoms with E-state index in [0.717, 1.165) is 0 Å². The SMILES string of the molecule is CCNS(=O)(=O)c1ccc(C)c(C(=O)N(CC)CC(C)C#N)c1. The first-order valence-electron chi connectivity index (χ1n) is 7.56. The second-order valence-electron chi connectivity index (χ2n) is 5.35. The standard InChI is InChI=1S/C16H23N3O3S/c1-5-18-23(21,22)14-8-7-13(4)15(9-14)16(20)19(6-2)11-12(3)10-17/h7-9,12,18H,5-6,11H2,1-4H3. The van der Waals surface area contributed by atoms with Crippen molar-refractivity contribution >= 4 is 15.9 Å². The van der Waals surface area contributed by atoms with Crippen molar-refractivity contribution in [1.82, 2.24) is 9.62 Å². The van der Waals surface area contributed by atoms with Crippen molar-refractivity contribution in [3.05, 3.63) is 29.3 Å². The molecule has 1 aromatic rings. The lowest BCUT2D eigenvalue weighted by Crippen LogP contribution is -2.35. The average Bonchev–Trinajstić information content (AvgIpc) is 2.51. The minimum atomic E-state index is -3.62. The summed E-state index contributed by atoms with van der Waals surface area (Å²) in [6.07, 6.45) is 0. The van der Waals surface area contributed by atoms with Gasteiger partial charge in [0.2, 0.25) is 10.0 Å². The van der Waals surface area contributed by atoms with Gasteiger partial charge in [0.1, 0.15) is 0 Å². The lowest BCUT2D eigenvalue weighted by Gasteiger charge is -2.23. The molecule has 7 heteroatoms. The molecular formula is C16H23N3O3S. The molecule has 0 aliphatic carbocycles. The number of sulfonamides is 1. The monoisotopic (exact) mass is 337 g/mol. The molecular weight excluding hydrogens is 314 g/mol. The van der Waals surface area contributed by atoms with Gasteiger partial charge in [-0.3, -0.25) is 4.79 Å². The first-order chi connectivity index (χ1) is 10.8. The zero-order chi connectivity index (χ0) is 17.6. The summed E-state index contributed by atoms with van der Waals surface area (Å²) in [6.45, 7) is 8.08. The van der Waals surface area contributed by atoms with Crippen molar-refractivity contribution in [3.8, 4) is 6.07 Å². The van der Waals surface area contributed by atoms with E-state index in [9.17, 15) is 13.2 Å². The number of carbonyl (C=O) groups is 1. The number of nitrogens with zero attached hydrogens (tertiary/aromatic N) is 2. The van der Waals surface area contributed by atoms with Gasteiger partial charge in [0.05, 0.1) is 16.9 Å². The maximum Gasteiger partial charge on any atom is 0.254 e. The summed E-state index contributed by atoms with van der Waals surface area (Å²) < 4.78 is 26.6. The van der Waals surface area contributed by atoms with Crippen molar-refractivity contribution in [1.29, 1.82) is 5.26 Å². The van der Waals surface area contributed by atoms with Crippen LogP contribution in [0.3, 0.4) is 0 Å². The lowest BCUT2D eigenvalue weighted by molar-refractivity contribution is 0.0751. The second-order valence-corrected chi connectivity index (χ2v) is 7.12. The Hall–Kier alpha value is -1.91. The molecule has 0 saturated heterocycles. The summed E-state index contributed by atoms with van der Waals surface area (Å²) in [5.74, 6) is -0.548. The van der Waals surface area contributed by atoms with Crippen LogP contribution in [0, 0.1) is 24.2 Å². The van der Waals surface area contributed by atoms with E-state index in [-0.39, 0.29) is 23.3 Å². The summed E-state index contributed by atoms with van der Waals surface area (Å²) in [4.78, 5) is 14.3. The molecule has 1 amide bonds. The van der Waals surface area contributed by atoms with Crippen LogP contribution in [-0.2, 0) is 10.0 Å². The zero-order valence-corrected chi connectivity index (χ0v) is 14.8. The number of nitriles is 1. The molecule has 1 rings (SSSR count). The molecule has 6 nitrogen and oxygen atoms in total. The van der Waals surface area contributed by atoms with Gasteiger partial charge in [-0.2, -0.15) is 5.26 Å². The van der Waals surface area contributed by atoms with Crippen LogP contribution in [0.2, 0.25) is 0 Å². The van der Waals surface area contributed by atoms with Gasteiger partial charge in [-0.25, -0.2) is 13.1 Å². The first kappa shape index (κ1) is 19.1. The van der Waals surface area contributed by atoms with Crippen LogP contribution in [-0.4, -0.2) is 38.9 Å². The molecule has 126 valence electrons. The number of carbonyl (C=O) groups excluding carboxylic acids is 1. The van der Waals surface area contributed by atoms with E-state index in [1.807, 2.05) is 6.92 Å². The van der Waals surface area contributed by atoms with E-state index in [4.69, 9.17) is 5.26 Å². The van der Waals surface area contributed by atoms with Crippen molar-refractivity contribution in [2.45, 2.75) is 32.6 Å². The Bertz CT molecular complexity index is 708. The van der Waals surface area contributed by atoms with Crippen LogP contribution in [0.5, 0.6) is 0 Å². The third kappa shape index (κ3) is 4.78. The molecule has 0 aliphatic heterocycles. The average molecular weight is 337 g/mol. The van der Waals surface area contributed by atoms with Crippen LogP contribution >= 0.6 is 0 Å². The van der Waals surface area contributed by atoms with E-state index in [1.54, 1.807) is 31.7 Å². The number of hydrogen-bond acceptors (Lipinski definition) is 4. The maximum absolute atomic E-state index is 12.7. The van der Waals surface area contributed by atoms with Crippen LogP contribution in [0.4, 0.5) is 0 Å². The third-order valence-electron chi connectivity index (χ3n) is 3.47. The molecule has 0 saturated carbocycles. The lowest BCUT2D eigenvalue weighted by atomic mass is 10.1. The number of rotatable bonds is 7. The van der Waals surface area contributed by atoms with Gasteiger partial charge in [0.15, 0.2) is 0 Å². The Morgan fingerprint density at radius 2 is 2.04 bits per heavy atom. The van der Waals surface area contributed by atoms with Gasteiger partial charge >= 0.3 is 0 Å². The summed E-state index contributed by atoms with van der Waals surface area (Å²) in [6, 6.07) is 6.61. The molecule has 0 radical (unpaired) electrons. The molecule has 1 N–H and O–H groups in total. The van der Waals surface area contributed by atoms with Gasteiger partial charge in [0, 0.05) is 25.2 Å². The third-order valence-corrected chi connectivity index (χ3v) is 5.01. The highest BCUT2D eigenvalue weighted by atomic mass is 32.2. The second kappa shape index (κ2) is 8.09. The number of amides is 1. The maximum atomic E-state index is 12.7. The van der Waals surface area contributed by atoms with Crippen molar-refractivity contribution < 1.29 is 13.2 Å². The molecule has 0 spiro atoms. The number of benzene rings is 1. The predicted octanol–water partition coefficient (Wildman–Crippen LogP) is 1.91. The van der Waals surface area contributed by atoms with Gasteiger partial charge in [-0.05, 0) is 38.5 Å². The molecule has 23 heavy (non-hydrogen) atoms. The van der Waals surface area contributed by atoms with E-state index >= 15 is 0 Å². The van der Waals surface area contributed by atoms with E-state index in [1.165, 1.54) is 12.1 Å². The van der Waals surface area contributed by atoms with Gasteiger partial charge < -0.3 is 4.90 Å². The number of aryl methyl sites for hydroxylation is 1. The van der Waals surface area contributed by atoms with Crippen LogP contribution in [0.1, 0.15) is 36.7 Å². The topological polar surface area (TPSA) is 90.3 Å². The summed E-state index contributed by atoms with van der Waals surface area (Å²) in [7, 11) is -3.62. The molecule has 1 aromatic carbocycles. The van der Waals surface area contributed by atoms with Crippen LogP contribution in [0.25, 0.3) is 0 Å². The van der Waals surface area contributed by atoms with Gasteiger partial charge in [0.25, 0.3) is 5.91 Å². The van der Waals surface area contributed by atoms with Gasteiger partial charge in [-0.15, -0.1) is 0 Å². The quantitative estimate of drug-likeness (QED) is 0.823. The van der Waals surface area contributed by atoms with Crippen molar-refractivity contribution in [3.63, 3.8) is 0 Å². The van der Waals surface area contributed by atoms with Crippen molar-refractivity contribution in [2.24, 2.45) is 5.92 Å². The highest BCUT2D eigenvalue weighted by molar-refractivity contribution is 7.89. The Morgan fingerprint density at radius 3 is 2.57 bits per heavy atom. The van der Waals surface area contributed by atoms with Crippen LogP contribution in [0.15, 0.2) is 23.1 Å². The highest BCUT2D eigenvalue weighted by Gasteiger charge is 2.21. The molecule has 0 heterocycles. The molecule has 0 bridgehead atoms. The Balaban J connectivity index is 3.21. The largest absolute Gasteiger partial charge is 0.338 e. The first-order valence-corrected chi connectivity index (χ1v) is 9.04. The fourth-order valence-corrected chi connectivity index (χ4v) is 3.24. The Labute approximate surface area is 138 Å². The fourth-order valence-electron chi connectivity index (χ4n) is 2.17. The summed E-state index contributed by atoms with van der Waals surface area (Å²) in [5, 5.41) is 8.92. The predicted molar refractivity (Wildman–Crippen MR) is 88.4 cm³/mol. The summed E-state index contributed by atoms with van der Waals surface area (Å²) in [5.41, 5.74) is 1.05. The smallest absolute Gasteiger partial charge is 0.254 e. The minimum absolute atomic E-state index is 0.0673. The minimum Gasteiger partial charge on any atom is -0.338 e. The molecule has 0 fully saturated rings. The Morgan fingerprint density at radius 1 is 1.39 bits per heavy atom. The number of nitrogens with one attached hydrogen (secondary N) is 1. The van der Waals surface area contributed by atoms with E-state index in [2.05, 4.69) is 10.8 Å². The number of hydrogen-bond donors (Lipinski definition) is 1. The van der Waals surface area contributed by atoms with E-state index in [0.29, 0.717) is 24.2 Å². The molecule has 1 atom stereocenters. The van der Waals surface area contributed by atoms with Crippen LogP contribution < -0.4 is 4.72 Å². The molecule has 0 aliphatic rings.